The molecule has 3 aromatic heterocycles. The van der Waals surface area contributed by atoms with Crippen molar-refractivity contribution >= 4 is 34.5 Å². The number of carbonyl (C=O) groups is 2. The van der Waals surface area contributed by atoms with Crippen molar-refractivity contribution in [1.82, 2.24) is 24.6 Å². The maximum absolute atomic E-state index is 12.9. The minimum atomic E-state index is -0.375. The standard InChI is InChI=1S/C23H29N7O3/c1-4-33-22(31)17-6-7-20(24-13-17)28-8-5-9-29(11-10-28)23(32)27-19-12-18-14-26-30(16(2)3)21(18)25-15-19/h6-7,12-16H,4-5,8-11H2,1-3H3,(H,27,32). The Hall–Kier alpha value is -3.69. The quantitative estimate of drug-likeness (QED) is 0.593. The number of anilines is 2. The molecule has 0 aromatic carbocycles. The van der Waals surface area contributed by atoms with Gasteiger partial charge in [0.05, 0.1) is 30.3 Å². The molecular formula is C23H29N7O3. The highest BCUT2D eigenvalue weighted by molar-refractivity contribution is 5.91. The number of ether oxygens (including phenoxy) is 1. The van der Waals surface area contributed by atoms with E-state index in [2.05, 4.69) is 39.1 Å². The van der Waals surface area contributed by atoms with E-state index in [0.29, 0.717) is 37.5 Å². The Bertz CT molecular complexity index is 1130. The lowest BCUT2D eigenvalue weighted by Crippen LogP contribution is -2.38. The van der Waals surface area contributed by atoms with E-state index in [1.165, 1.54) is 6.20 Å². The number of aromatic nitrogens is 4. The van der Waals surface area contributed by atoms with Crippen LogP contribution >= 0.6 is 0 Å². The van der Waals surface area contributed by atoms with E-state index in [4.69, 9.17) is 4.74 Å². The third-order valence-corrected chi connectivity index (χ3v) is 5.54. The molecule has 33 heavy (non-hydrogen) atoms. The van der Waals surface area contributed by atoms with Crippen LogP contribution in [0, 0.1) is 0 Å². The normalized spacial score (nSPS) is 14.4. The molecule has 0 aliphatic carbocycles. The van der Waals surface area contributed by atoms with Crippen LogP contribution in [0.4, 0.5) is 16.3 Å². The molecule has 1 aliphatic rings. The van der Waals surface area contributed by atoms with Gasteiger partial charge in [-0.25, -0.2) is 24.2 Å². The van der Waals surface area contributed by atoms with Gasteiger partial charge in [0.1, 0.15) is 5.82 Å². The second-order valence-electron chi connectivity index (χ2n) is 8.20. The lowest BCUT2D eigenvalue weighted by atomic mass is 10.2. The van der Waals surface area contributed by atoms with Crippen LogP contribution in [0.1, 0.15) is 43.6 Å². The summed E-state index contributed by atoms with van der Waals surface area (Å²) in [6.07, 6.45) is 5.78. The molecule has 4 rings (SSSR count). The first kappa shape index (κ1) is 22.5. The van der Waals surface area contributed by atoms with Crippen LogP contribution in [-0.4, -0.2) is 69.4 Å². The van der Waals surface area contributed by atoms with Crippen LogP contribution in [0.25, 0.3) is 11.0 Å². The Balaban J connectivity index is 1.37. The third kappa shape index (κ3) is 5.05. The number of hydrogen-bond acceptors (Lipinski definition) is 7. The van der Waals surface area contributed by atoms with Crippen molar-refractivity contribution in [1.29, 1.82) is 0 Å². The maximum Gasteiger partial charge on any atom is 0.339 e. The topological polar surface area (TPSA) is 105 Å². The number of amides is 2. The number of urea groups is 1. The molecule has 0 radical (unpaired) electrons. The molecular weight excluding hydrogens is 422 g/mol. The van der Waals surface area contributed by atoms with Crippen LogP contribution in [0.15, 0.2) is 36.8 Å². The van der Waals surface area contributed by atoms with Crippen LogP contribution in [0.2, 0.25) is 0 Å². The van der Waals surface area contributed by atoms with Gasteiger partial charge in [-0.3, -0.25) is 0 Å². The number of carbonyl (C=O) groups excluding carboxylic acids is 2. The van der Waals surface area contributed by atoms with Gasteiger partial charge in [0, 0.05) is 43.8 Å². The first-order chi connectivity index (χ1) is 16.0. The summed E-state index contributed by atoms with van der Waals surface area (Å²) >= 11 is 0. The highest BCUT2D eigenvalue weighted by Crippen LogP contribution is 2.20. The predicted molar refractivity (Wildman–Crippen MR) is 126 cm³/mol. The van der Waals surface area contributed by atoms with E-state index in [0.717, 1.165) is 29.8 Å². The Kier molecular flexibility index (Phi) is 6.71. The zero-order valence-corrected chi connectivity index (χ0v) is 19.2. The molecule has 10 nitrogen and oxygen atoms in total. The first-order valence-electron chi connectivity index (χ1n) is 11.2. The van der Waals surface area contributed by atoms with Crippen LogP contribution in [-0.2, 0) is 4.74 Å². The Morgan fingerprint density at radius 1 is 1.09 bits per heavy atom. The molecule has 2 amide bonds. The molecule has 0 unspecified atom stereocenters. The number of nitrogens with zero attached hydrogens (tertiary/aromatic N) is 6. The van der Waals surface area contributed by atoms with E-state index in [1.807, 2.05) is 16.8 Å². The van der Waals surface area contributed by atoms with Gasteiger partial charge in [0.2, 0.25) is 0 Å². The molecule has 1 saturated heterocycles. The summed E-state index contributed by atoms with van der Waals surface area (Å²) in [5.74, 6) is 0.404. The smallest absolute Gasteiger partial charge is 0.339 e. The number of nitrogens with one attached hydrogen (secondary N) is 1. The largest absolute Gasteiger partial charge is 0.462 e. The molecule has 0 atom stereocenters. The molecule has 3 aromatic rings. The van der Waals surface area contributed by atoms with E-state index in [1.54, 1.807) is 30.3 Å². The molecule has 1 N–H and O–H groups in total. The second-order valence-corrected chi connectivity index (χ2v) is 8.20. The van der Waals surface area contributed by atoms with Crippen LogP contribution in [0.5, 0.6) is 0 Å². The van der Waals surface area contributed by atoms with Crippen LogP contribution in [0.3, 0.4) is 0 Å². The van der Waals surface area contributed by atoms with E-state index in [-0.39, 0.29) is 18.0 Å². The van der Waals surface area contributed by atoms with Crippen molar-refractivity contribution in [2.75, 3.05) is 43.0 Å². The van der Waals surface area contributed by atoms with Crippen LogP contribution < -0.4 is 10.2 Å². The highest BCUT2D eigenvalue weighted by atomic mass is 16.5. The Labute approximate surface area is 192 Å². The summed E-state index contributed by atoms with van der Waals surface area (Å²) in [6.45, 7) is 8.84. The summed E-state index contributed by atoms with van der Waals surface area (Å²) < 4.78 is 6.86. The van der Waals surface area contributed by atoms with Gasteiger partial charge in [-0.15, -0.1) is 0 Å². The summed E-state index contributed by atoms with van der Waals surface area (Å²) in [5, 5.41) is 8.22. The fourth-order valence-corrected chi connectivity index (χ4v) is 3.85. The average Bonchev–Trinajstić information content (AvgIpc) is 3.07. The second kappa shape index (κ2) is 9.85. The van der Waals surface area contributed by atoms with Crippen molar-refractivity contribution < 1.29 is 14.3 Å². The zero-order valence-electron chi connectivity index (χ0n) is 19.2. The highest BCUT2D eigenvalue weighted by Gasteiger charge is 2.21. The minimum Gasteiger partial charge on any atom is -0.462 e. The number of pyridine rings is 2. The molecule has 4 heterocycles. The summed E-state index contributed by atoms with van der Waals surface area (Å²) in [5.41, 5.74) is 1.88. The van der Waals surface area contributed by atoms with Gasteiger partial charge < -0.3 is 19.9 Å². The van der Waals surface area contributed by atoms with Gasteiger partial charge in [0.15, 0.2) is 5.65 Å². The number of esters is 1. The summed E-state index contributed by atoms with van der Waals surface area (Å²) in [7, 11) is 0. The fraction of sp³-hybridized carbons (Fsp3) is 0.435. The molecule has 0 bridgehead atoms. The van der Waals surface area contributed by atoms with Crippen molar-refractivity contribution in [3.63, 3.8) is 0 Å². The lowest BCUT2D eigenvalue weighted by Gasteiger charge is -2.23. The molecule has 0 spiro atoms. The van der Waals surface area contributed by atoms with E-state index < -0.39 is 0 Å². The molecule has 1 aliphatic heterocycles. The minimum absolute atomic E-state index is 0.153. The predicted octanol–water partition coefficient (Wildman–Crippen LogP) is 3.33. The van der Waals surface area contributed by atoms with Gasteiger partial charge in [-0.05, 0) is 45.4 Å². The molecule has 10 heteroatoms. The number of rotatable bonds is 5. The number of fused-ring (bicyclic) bond motifs is 1. The molecule has 0 saturated carbocycles. The monoisotopic (exact) mass is 451 g/mol. The Morgan fingerprint density at radius 2 is 1.94 bits per heavy atom. The average molecular weight is 452 g/mol. The van der Waals surface area contributed by atoms with Gasteiger partial charge >= 0.3 is 12.0 Å². The van der Waals surface area contributed by atoms with Gasteiger partial charge in [-0.1, -0.05) is 0 Å². The fourth-order valence-electron chi connectivity index (χ4n) is 3.85. The first-order valence-corrected chi connectivity index (χ1v) is 11.2. The third-order valence-electron chi connectivity index (χ3n) is 5.54. The van der Waals surface area contributed by atoms with Crippen molar-refractivity contribution in [2.45, 2.75) is 33.2 Å². The maximum atomic E-state index is 12.9. The summed E-state index contributed by atoms with van der Waals surface area (Å²) in [4.78, 5) is 37.5. The van der Waals surface area contributed by atoms with Crippen molar-refractivity contribution in [2.24, 2.45) is 0 Å². The number of hydrogen-bond donors (Lipinski definition) is 1. The van der Waals surface area contributed by atoms with Crippen molar-refractivity contribution in [3.05, 3.63) is 42.4 Å². The Morgan fingerprint density at radius 3 is 2.67 bits per heavy atom. The zero-order chi connectivity index (χ0) is 23.4. The summed E-state index contributed by atoms with van der Waals surface area (Å²) in [6, 6.07) is 5.50. The van der Waals surface area contributed by atoms with Crippen molar-refractivity contribution in [3.8, 4) is 0 Å². The lowest BCUT2D eigenvalue weighted by molar-refractivity contribution is 0.0526. The van der Waals surface area contributed by atoms with Gasteiger partial charge in [0.25, 0.3) is 0 Å². The van der Waals surface area contributed by atoms with E-state index >= 15 is 0 Å². The SMILES string of the molecule is CCOC(=O)c1ccc(N2CCCN(C(=O)Nc3cnc4c(cnn4C(C)C)c3)CC2)nc1. The molecule has 174 valence electrons. The van der Waals surface area contributed by atoms with Gasteiger partial charge in [-0.2, -0.15) is 5.10 Å². The molecule has 1 fully saturated rings. The van der Waals surface area contributed by atoms with E-state index in [9.17, 15) is 9.59 Å².